The molecule has 0 bridgehead atoms. The number of anilines is 1. The smallest absolute Gasteiger partial charge is 0.255 e. The van der Waals surface area contributed by atoms with Crippen LogP contribution in [0, 0.1) is 0 Å². The molecule has 2 aromatic rings. The van der Waals surface area contributed by atoms with Gasteiger partial charge in [-0.25, -0.2) is 13.4 Å². The quantitative estimate of drug-likeness (QED) is 0.907. The molecule has 21 heavy (non-hydrogen) atoms. The summed E-state index contributed by atoms with van der Waals surface area (Å²) in [5.74, 6) is 0.916. The van der Waals surface area contributed by atoms with E-state index in [0.717, 1.165) is 24.1 Å². The van der Waals surface area contributed by atoms with E-state index in [-0.39, 0.29) is 4.90 Å². The summed E-state index contributed by atoms with van der Waals surface area (Å²) in [6.07, 6.45) is 2.32. The maximum absolute atomic E-state index is 12.3. The number of hydrogen-bond donors (Lipinski definition) is 1. The van der Waals surface area contributed by atoms with E-state index >= 15 is 0 Å². The van der Waals surface area contributed by atoms with Crippen molar-refractivity contribution in [1.82, 2.24) is 4.98 Å². The number of aromatic nitrogens is 1. The molecular weight excluding hydrogens is 304 g/mol. The molecule has 1 aliphatic carbocycles. The van der Waals surface area contributed by atoms with Crippen LogP contribution in [0.3, 0.4) is 0 Å². The molecule has 1 aromatic carbocycles. The Balaban J connectivity index is 1.78. The van der Waals surface area contributed by atoms with Crippen LogP contribution in [0.2, 0.25) is 0 Å². The first-order valence-corrected chi connectivity index (χ1v) is 9.40. The fourth-order valence-corrected chi connectivity index (χ4v) is 4.15. The zero-order valence-electron chi connectivity index (χ0n) is 12.0. The van der Waals surface area contributed by atoms with Crippen molar-refractivity contribution in [2.24, 2.45) is 0 Å². The van der Waals surface area contributed by atoms with E-state index in [9.17, 15) is 8.42 Å². The Kier molecular flexibility index (Phi) is 3.75. The van der Waals surface area contributed by atoms with Crippen molar-refractivity contribution in [3.8, 4) is 0 Å². The molecule has 0 unspecified atom stereocenters. The van der Waals surface area contributed by atoms with Crippen LogP contribution < -0.4 is 4.72 Å². The van der Waals surface area contributed by atoms with Gasteiger partial charge in [0, 0.05) is 11.3 Å². The standard InChI is InChI=1S/C15H18N2O2S2/c1-10(2)11-5-7-13(8-6-11)21(18,19)17-15-16-14(9-20-15)12-3-4-12/h5-10,12H,3-4H2,1-2H3,(H,16,17). The fraction of sp³-hybridized carbons (Fsp3) is 0.400. The van der Waals surface area contributed by atoms with E-state index < -0.39 is 10.0 Å². The molecule has 1 fully saturated rings. The van der Waals surface area contributed by atoms with Gasteiger partial charge >= 0.3 is 0 Å². The van der Waals surface area contributed by atoms with Gasteiger partial charge in [-0.15, -0.1) is 11.3 Å². The van der Waals surface area contributed by atoms with E-state index in [1.165, 1.54) is 11.3 Å². The Morgan fingerprint density at radius 2 is 1.90 bits per heavy atom. The highest BCUT2D eigenvalue weighted by molar-refractivity contribution is 7.93. The second-order valence-corrected chi connectivity index (χ2v) is 8.22. The van der Waals surface area contributed by atoms with Crippen molar-refractivity contribution in [1.29, 1.82) is 0 Å². The van der Waals surface area contributed by atoms with Crippen LogP contribution in [0.5, 0.6) is 0 Å². The highest BCUT2D eigenvalue weighted by atomic mass is 32.2. The lowest BCUT2D eigenvalue weighted by molar-refractivity contribution is 0.601. The Bertz CT molecular complexity index is 729. The number of rotatable bonds is 5. The molecule has 6 heteroatoms. The van der Waals surface area contributed by atoms with Crippen molar-refractivity contribution < 1.29 is 8.42 Å². The maximum atomic E-state index is 12.3. The summed E-state index contributed by atoms with van der Waals surface area (Å²) in [6, 6.07) is 7.01. The third kappa shape index (κ3) is 3.27. The molecule has 1 aliphatic rings. The van der Waals surface area contributed by atoms with Crippen molar-refractivity contribution >= 4 is 26.5 Å². The summed E-state index contributed by atoms with van der Waals surface area (Å²) in [6.45, 7) is 4.16. The van der Waals surface area contributed by atoms with Crippen LogP contribution in [0.4, 0.5) is 5.13 Å². The van der Waals surface area contributed by atoms with Gasteiger partial charge in [0.25, 0.3) is 10.0 Å². The molecule has 1 N–H and O–H groups in total. The molecule has 1 saturated carbocycles. The predicted octanol–water partition coefficient (Wildman–Crippen LogP) is 3.94. The van der Waals surface area contributed by atoms with Crippen molar-refractivity contribution in [2.75, 3.05) is 4.72 Å². The maximum Gasteiger partial charge on any atom is 0.263 e. The van der Waals surface area contributed by atoms with Gasteiger partial charge in [0.05, 0.1) is 10.6 Å². The lowest BCUT2D eigenvalue weighted by Crippen LogP contribution is -2.12. The first kappa shape index (κ1) is 14.5. The Labute approximate surface area is 129 Å². The summed E-state index contributed by atoms with van der Waals surface area (Å²) in [4.78, 5) is 4.63. The Morgan fingerprint density at radius 3 is 2.48 bits per heavy atom. The molecule has 1 heterocycles. The number of thiazole rings is 1. The summed E-state index contributed by atoms with van der Waals surface area (Å²) in [5.41, 5.74) is 2.13. The van der Waals surface area contributed by atoms with Crippen molar-refractivity contribution in [3.63, 3.8) is 0 Å². The highest BCUT2D eigenvalue weighted by Crippen LogP contribution is 2.41. The molecule has 1 aromatic heterocycles. The van der Waals surface area contributed by atoms with Crippen LogP contribution in [0.15, 0.2) is 34.5 Å². The molecule has 0 radical (unpaired) electrons. The van der Waals surface area contributed by atoms with Gasteiger partial charge in [0.15, 0.2) is 5.13 Å². The monoisotopic (exact) mass is 322 g/mol. The van der Waals surface area contributed by atoms with Crippen LogP contribution in [0.25, 0.3) is 0 Å². The Morgan fingerprint density at radius 1 is 1.24 bits per heavy atom. The average molecular weight is 322 g/mol. The number of benzene rings is 1. The molecule has 3 rings (SSSR count). The third-order valence-corrected chi connectivity index (χ3v) is 5.86. The third-order valence-electron chi connectivity index (χ3n) is 3.60. The number of sulfonamides is 1. The van der Waals surface area contributed by atoms with Gasteiger partial charge in [-0.2, -0.15) is 0 Å². The second kappa shape index (κ2) is 5.42. The minimum atomic E-state index is -3.55. The van der Waals surface area contributed by atoms with Gasteiger partial charge in [-0.3, -0.25) is 4.72 Å². The van der Waals surface area contributed by atoms with Crippen LogP contribution >= 0.6 is 11.3 Å². The van der Waals surface area contributed by atoms with E-state index in [1.807, 2.05) is 17.5 Å². The SMILES string of the molecule is CC(C)c1ccc(S(=O)(=O)Nc2nc(C3CC3)cs2)cc1. The Hall–Kier alpha value is -1.40. The molecule has 0 saturated heterocycles. The van der Waals surface area contributed by atoms with Crippen molar-refractivity contribution in [3.05, 3.63) is 40.9 Å². The summed E-state index contributed by atoms with van der Waals surface area (Å²) < 4.78 is 27.2. The largest absolute Gasteiger partial charge is 0.263 e. The molecule has 0 spiro atoms. The first-order valence-electron chi connectivity index (χ1n) is 7.04. The highest BCUT2D eigenvalue weighted by Gasteiger charge is 2.26. The zero-order valence-corrected chi connectivity index (χ0v) is 13.7. The summed E-state index contributed by atoms with van der Waals surface area (Å²) >= 11 is 1.35. The van der Waals surface area contributed by atoms with E-state index in [4.69, 9.17) is 0 Å². The minimum Gasteiger partial charge on any atom is -0.255 e. The number of hydrogen-bond acceptors (Lipinski definition) is 4. The van der Waals surface area contributed by atoms with Gasteiger partial charge in [0.2, 0.25) is 0 Å². The van der Waals surface area contributed by atoms with Gasteiger partial charge < -0.3 is 0 Å². The topological polar surface area (TPSA) is 59.1 Å². The normalized spacial score (nSPS) is 15.4. The van der Waals surface area contributed by atoms with Crippen molar-refractivity contribution in [2.45, 2.75) is 43.4 Å². The van der Waals surface area contributed by atoms with Gasteiger partial charge in [-0.05, 0) is 36.5 Å². The van der Waals surface area contributed by atoms with Gasteiger partial charge in [0.1, 0.15) is 0 Å². The zero-order chi connectivity index (χ0) is 15.0. The minimum absolute atomic E-state index is 0.273. The lowest BCUT2D eigenvalue weighted by atomic mass is 10.0. The second-order valence-electron chi connectivity index (χ2n) is 5.68. The van der Waals surface area contributed by atoms with E-state index in [0.29, 0.717) is 17.0 Å². The van der Waals surface area contributed by atoms with Crippen LogP contribution in [0.1, 0.15) is 49.8 Å². The van der Waals surface area contributed by atoms with Crippen LogP contribution in [-0.4, -0.2) is 13.4 Å². The molecule has 0 atom stereocenters. The molecule has 4 nitrogen and oxygen atoms in total. The fourth-order valence-electron chi connectivity index (χ4n) is 2.11. The lowest BCUT2D eigenvalue weighted by Gasteiger charge is -2.08. The molecule has 0 aliphatic heterocycles. The molecule has 112 valence electrons. The first-order chi connectivity index (χ1) is 9.95. The molecule has 0 amide bonds. The summed E-state index contributed by atoms with van der Waals surface area (Å²) in [7, 11) is -3.55. The molecular formula is C15H18N2O2S2. The van der Waals surface area contributed by atoms with Crippen LogP contribution in [-0.2, 0) is 10.0 Å². The number of nitrogens with zero attached hydrogens (tertiary/aromatic N) is 1. The van der Waals surface area contributed by atoms with E-state index in [2.05, 4.69) is 23.6 Å². The van der Waals surface area contributed by atoms with Gasteiger partial charge in [-0.1, -0.05) is 26.0 Å². The predicted molar refractivity (Wildman–Crippen MR) is 85.4 cm³/mol. The number of nitrogens with one attached hydrogen (secondary N) is 1. The summed E-state index contributed by atoms with van der Waals surface area (Å²) in [5, 5.41) is 2.39. The van der Waals surface area contributed by atoms with E-state index in [1.54, 1.807) is 12.1 Å². The average Bonchev–Trinajstić information content (AvgIpc) is 3.20.